The predicted octanol–water partition coefficient (Wildman–Crippen LogP) is -2.62. The van der Waals surface area contributed by atoms with Crippen molar-refractivity contribution in [3.63, 3.8) is 0 Å². The molecule has 39 valence electrons. The number of hydrogen-bond acceptors (Lipinski definition) is 4. The van der Waals surface area contributed by atoms with Gasteiger partial charge in [-0.25, -0.2) is 0 Å². The fourth-order valence-electron chi connectivity index (χ4n) is 0. The summed E-state index contributed by atoms with van der Waals surface area (Å²) in [6.07, 6.45) is 0. The fourth-order valence-corrected chi connectivity index (χ4v) is 0. The molecule has 0 rings (SSSR count). The van der Waals surface area contributed by atoms with Crippen LogP contribution in [0.15, 0.2) is 0 Å². The minimum absolute atomic E-state index is 0. The van der Waals surface area contributed by atoms with Crippen molar-refractivity contribution in [2.75, 3.05) is 0 Å². The molecule has 0 aromatic carbocycles. The molecule has 0 unspecified atom stereocenters. The quantitative estimate of drug-likeness (QED) is 0.491. The Hall–Kier alpha value is 0.715. The van der Waals surface area contributed by atoms with E-state index in [9.17, 15) is 0 Å². The summed E-state index contributed by atoms with van der Waals surface area (Å²) < 4.78 is 34.6. The zero-order valence-electron chi connectivity index (χ0n) is 2.37. The van der Waals surface area contributed by atoms with Gasteiger partial charge < -0.3 is 0 Å². The summed E-state index contributed by atoms with van der Waals surface area (Å²) in [5.41, 5.74) is 0. The van der Waals surface area contributed by atoms with Gasteiger partial charge in [0.05, 0.1) is 0 Å². The first-order valence-corrected chi connectivity index (χ1v) is 5.46. The van der Waals surface area contributed by atoms with E-state index >= 15 is 0 Å². The van der Waals surface area contributed by atoms with E-state index in [-0.39, 0.29) is 16.8 Å². The minimum atomic E-state index is -6.17. The number of rotatable bonds is 0. The van der Waals surface area contributed by atoms with E-state index in [0.717, 1.165) is 0 Å². The molecule has 0 saturated heterocycles. The van der Waals surface area contributed by atoms with Gasteiger partial charge in [-0.05, 0) is 0 Å². The third-order valence-electron chi connectivity index (χ3n) is 0. The van der Waals surface area contributed by atoms with Gasteiger partial charge in [0.15, 0.2) is 0 Å². The maximum atomic E-state index is 8.65. The summed E-state index contributed by atoms with van der Waals surface area (Å²) in [5.74, 6) is 0. The molecule has 0 saturated carbocycles. The summed E-state index contributed by atoms with van der Waals surface area (Å²) in [6, 6.07) is 0. The standard InChI is InChI=1S/Co.4O.W/q+2;;;2*-1;. The van der Waals surface area contributed by atoms with E-state index in [1.165, 1.54) is 0 Å². The van der Waals surface area contributed by atoms with Crippen molar-refractivity contribution >= 4 is 0 Å². The summed E-state index contributed by atoms with van der Waals surface area (Å²) >= 11 is -6.17. The molecular weight excluding hydrogens is 307 g/mol. The molecule has 0 spiro atoms. The third kappa shape index (κ3) is 127. The second-order valence-corrected chi connectivity index (χ2v) is 3.34. The summed E-state index contributed by atoms with van der Waals surface area (Å²) in [4.78, 5) is 0. The van der Waals surface area contributed by atoms with Gasteiger partial charge >= 0.3 is 47.8 Å². The van der Waals surface area contributed by atoms with Gasteiger partial charge in [-0.1, -0.05) is 0 Å². The maximum absolute atomic E-state index is 8.65. The van der Waals surface area contributed by atoms with Crippen molar-refractivity contribution < 1.29 is 47.8 Å². The van der Waals surface area contributed by atoms with Gasteiger partial charge in [0, 0.05) is 0 Å². The van der Waals surface area contributed by atoms with Crippen LogP contribution >= 0.6 is 0 Å². The molecule has 0 amide bonds. The molecule has 0 fully saturated rings. The Balaban J connectivity index is 0. The van der Waals surface area contributed by atoms with Crippen molar-refractivity contribution in [1.29, 1.82) is 0 Å². The zero-order chi connectivity index (χ0) is 4.50. The van der Waals surface area contributed by atoms with E-state index in [2.05, 4.69) is 0 Å². The molecule has 1 radical (unpaired) electrons. The van der Waals surface area contributed by atoms with Crippen molar-refractivity contribution in [3.05, 3.63) is 0 Å². The Morgan fingerprint density at radius 2 is 1.17 bits per heavy atom. The van der Waals surface area contributed by atoms with Crippen LogP contribution in [0.5, 0.6) is 0 Å². The first-order valence-electron chi connectivity index (χ1n) is 0.667. The topological polar surface area (TPSA) is 80.3 Å². The van der Waals surface area contributed by atoms with E-state index in [1.54, 1.807) is 0 Å². The van der Waals surface area contributed by atoms with Crippen LogP contribution in [-0.4, -0.2) is 0 Å². The molecule has 4 nitrogen and oxygen atoms in total. The molecule has 0 bridgehead atoms. The second kappa shape index (κ2) is 2.82. The average Bonchev–Trinajstić information content (AvgIpc) is 0.722. The SMILES string of the molecule is [Co+2].[O]=[W](=[O])([O-])[O-]. The summed E-state index contributed by atoms with van der Waals surface area (Å²) in [6.45, 7) is 0. The van der Waals surface area contributed by atoms with Crippen molar-refractivity contribution in [2.24, 2.45) is 0 Å². The molecule has 0 heterocycles. The van der Waals surface area contributed by atoms with Crippen LogP contribution in [0.4, 0.5) is 0 Å². The van der Waals surface area contributed by atoms with Gasteiger partial charge in [0.25, 0.3) is 0 Å². The molecule has 0 N–H and O–H groups in total. The first kappa shape index (κ1) is 9.87. The fraction of sp³-hybridized carbons (Fsp3) is 0. The van der Waals surface area contributed by atoms with Gasteiger partial charge in [0.2, 0.25) is 0 Å². The molecule has 6 heavy (non-hydrogen) atoms. The Kier molecular flexibility index (Phi) is 4.63. The van der Waals surface area contributed by atoms with Crippen molar-refractivity contribution in [1.82, 2.24) is 0 Å². The molecule has 0 atom stereocenters. The van der Waals surface area contributed by atoms with Crippen LogP contribution in [0, 0.1) is 0 Å². The van der Waals surface area contributed by atoms with E-state index in [4.69, 9.17) is 14.3 Å². The van der Waals surface area contributed by atoms with Crippen LogP contribution < -0.4 is 7.52 Å². The van der Waals surface area contributed by atoms with Crippen LogP contribution in [-0.2, 0) is 40.3 Å². The van der Waals surface area contributed by atoms with E-state index in [0.29, 0.717) is 0 Å². The average molecular weight is 307 g/mol. The Labute approximate surface area is 48.1 Å². The van der Waals surface area contributed by atoms with Gasteiger partial charge in [-0.2, -0.15) is 0 Å². The van der Waals surface area contributed by atoms with Gasteiger partial charge in [0.1, 0.15) is 0 Å². The Bertz CT molecular complexity index is 90.7. The first-order chi connectivity index (χ1) is 2.00. The molecule has 0 aromatic rings. The van der Waals surface area contributed by atoms with Crippen LogP contribution in [0.3, 0.4) is 0 Å². The monoisotopic (exact) mass is 307 g/mol. The predicted molar refractivity (Wildman–Crippen MR) is 1.37 cm³/mol. The summed E-state index contributed by atoms with van der Waals surface area (Å²) in [7, 11) is 0. The van der Waals surface area contributed by atoms with Crippen LogP contribution in [0.25, 0.3) is 0 Å². The summed E-state index contributed by atoms with van der Waals surface area (Å²) in [5, 5.41) is 0. The van der Waals surface area contributed by atoms with Gasteiger partial charge in [-0.15, -0.1) is 0 Å². The second-order valence-electron chi connectivity index (χ2n) is 0.408. The molecule has 0 aliphatic carbocycles. The van der Waals surface area contributed by atoms with Crippen LogP contribution in [0.2, 0.25) is 0 Å². The zero-order valence-corrected chi connectivity index (χ0v) is 6.35. The normalized spacial score (nSPS) is 9.67. The molecule has 6 heteroatoms. The van der Waals surface area contributed by atoms with Crippen molar-refractivity contribution in [3.8, 4) is 0 Å². The Morgan fingerprint density at radius 3 is 1.17 bits per heavy atom. The molecule has 0 aliphatic rings. The van der Waals surface area contributed by atoms with Crippen LogP contribution in [0.1, 0.15) is 0 Å². The van der Waals surface area contributed by atoms with E-state index in [1.807, 2.05) is 0 Å². The molecular formula is CoO4W. The molecule has 0 aromatic heterocycles. The number of hydrogen-bond donors (Lipinski definition) is 0. The van der Waals surface area contributed by atoms with Crippen molar-refractivity contribution in [2.45, 2.75) is 0 Å². The third-order valence-corrected chi connectivity index (χ3v) is 0. The Morgan fingerprint density at radius 1 is 1.17 bits per heavy atom. The van der Waals surface area contributed by atoms with Gasteiger partial charge in [-0.3, -0.25) is 0 Å². The molecule has 0 aliphatic heterocycles. The van der Waals surface area contributed by atoms with E-state index < -0.39 is 16.7 Å².